The Balaban J connectivity index is 1.89. The third-order valence-corrected chi connectivity index (χ3v) is 4.89. The van der Waals surface area contributed by atoms with Crippen LogP contribution in [0.25, 0.3) is 0 Å². The average molecular weight is 337 g/mol. The molecule has 122 valence electrons. The van der Waals surface area contributed by atoms with Gasteiger partial charge in [0, 0.05) is 19.2 Å². The molecule has 1 aromatic carbocycles. The minimum absolute atomic E-state index is 0.0963. The molecule has 9 heteroatoms. The highest BCUT2D eigenvalue weighted by atomic mass is 32.2. The summed E-state index contributed by atoms with van der Waals surface area (Å²) in [5.41, 5.74) is -0.233. The van der Waals surface area contributed by atoms with Crippen LogP contribution in [0.4, 0.5) is 5.69 Å². The van der Waals surface area contributed by atoms with Gasteiger partial charge in [0.15, 0.2) is 5.03 Å². The molecule has 0 amide bonds. The Kier molecular flexibility index (Phi) is 3.72. The summed E-state index contributed by atoms with van der Waals surface area (Å²) in [7, 11) is -3.95. The molecule has 0 bridgehead atoms. The smallest absolute Gasteiger partial charge is 0.335 e. The van der Waals surface area contributed by atoms with E-state index in [1.807, 2.05) is 4.57 Å². The first-order chi connectivity index (χ1) is 10.9. The van der Waals surface area contributed by atoms with Crippen molar-refractivity contribution in [3.8, 4) is 5.75 Å². The molecule has 0 saturated carbocycles. The molecule has 0 unspecified atom stereocenters. The second kappa shape index (κ2) is 5.58. The Labute approximate surface area is 132 Å². The number of carboxylic acid groups (broad SMARTS) is 1. The first-order valence-corrected chi connectivity index (χ1v) is 8.50. The van der Waals surface area contributed by atoms with Gasteiger partial charge in [-0.2, -0.15) is 8.42 Å². The van der Waals surface area contributed by atoms with Crippen molar-refractivity contribution in [2.75, 3.05) is 4.72 Å². The number of benzene rings is 1. The number of aromatic hydroxyl groups is 1. The molecule has 1 aliphatic heterocycles. The summed E-state index contributed by atoms with van der Waals surface area (Å²) in [6.07, 6.45) is 4.16. The number of aryl methyl sites for hydroxylation is 2. The molecule has 0 spiro atoms. The molecule has 0 saturated heterocycles. The van der Waals surface area contributed by atoms with E-state index in [4.69, 9.17) is 5.11 Å². The normalized spacial score (nSPS) is 14.3. The number of sulfonamides is 1. The quantitative estimate of drug-likeness (QED) is 0.726. The molecule has 1 aliphatic rings. The predicted octanol–water partition coefficient (Wildman–Crippen LogP) is 1.42. The van der Waals surface area contributed by atoms with E-state index >= 15 is 0 Å². The highest BCUT2D eigenvalue weighted by molar-refractivity contribution is 7.92. The van der Waals surface area contributed by atoms with Crippen molar-refractivity contribution in [2.24, 2.45) is 0 Å². The molecule has 2 aromatic rings. The van der Waals surface area contributed by atoms with Crippen molar-refractivity contribution >= 4 is 21.7 Å². The SMILES string of the molecule is O=C(O)c1ccc(NS(=O)(=O)c2cn3c(n2)CCCC3)c(O)c1. The Morgan fingerprint density at radius 3 is 2.74 bits per heavy atom. The van der Waals surface area contributed by atoms with Crippen LogP contribution in [0.2, 0.25) is 0 Å². The fraction of sp³-hybridized carbons (Fsp3) is 0.286. The highest BCUT2D eigenvalue weighted by Gasteiger charge is 2.23. The van der Waals surface area contributed by atoms with Gasteiger partial charge in [0.1, 0.15) is 11.6 Å². The summed E-state index contributed by atoms with van der Waals surface area (Å²) in [6.45, 7) is 0.733. The maximum Gasteiger partial charge on any atom is 0.335 e. The zero-order chi connectivity index (χ0) is 16.6. The van der Waals surface area contributed by atoms with Crippen molar-refractivity contribution in [3.05, 3.63) is 35.8 Å². The summed E-state index contributed by atoms with van der Waals surface area (Å²) in [4.78, 5) is 15.0. The summed E-state index contributed by atoms with van der Waals surface area (Å²) in [6, 6.07) is 3.39. The summed E-state index contributed by atoms with van der Waals surface area (Å²) in [5, 5.41) is 18.5. The third kappa shape index (κ3) is 3.00. The van der Waals surface area contributed by atoms with Crippen LogP contribution in [-0.2, 0) is 23.0 Å². The Morgan fingerprint density at radius 2 is 2.09 bits per heavy atom. The lowest BCUT2D eigenvalue weighted by Gasteiger charge is -2.11. The fourth-order valence-electron chi connectivity index (χ4n) is 2.46. The molecule has 0 atom stereocenters. The zero-order valence-electron chi connectivity index (χ0n) is 12.1. The second-order valence-electron chi connectivity index (χ2n) is 5.29. The van der Waals surface area contributed by atoms with Crippen molar-refractivity contribution in [3.63, 3.8) is 0 Å². The summed E-state index contributed by atoms with van der Waals surface area (Å²) < 4.78 is 28.8. The third-order valence-electron chi connectivity index (χ3n) is 3.65. The number of imidazole rings is 1. The minimum Gasteiger partial charge on any atom is -0.506 e. The molecule has 0 fully saturated rings. The van der Waals surface area contributed by atoms with Gasteiger partial charge in [0.05, 0.1) is 11.3 Å². The van der Waals surface area contributed by atoms with E-state index in [0.717, 1.165) is 37.7 Å². The van der Waals surface area contributed by atoms with Gasteiger partial charge in [0.2, 0.25) is 0 Å². The summed E-state index contributed by atoms with van der Waals surface area (Å²) >= 11 is 0. The topological polar surface area (TPSA) is 122 Å². The van der Waals surface area contributed by atoms with Crippen molar-refractivity contribution in [1.82, 2.24) is 9.55 Å². The van der Waals surface area contributed by atoms with Gasteiger partial charge in [-0.15, -0.1) is 0 Å². The Bertz CT molecular complexity index is 849. The van der Waals surface area contributed by atoms with Crippen LogP contribution in [-0.4, -0.2) is 34.2 Å². The molecule has 0 radical (unpaired) electrons. The number of aromatic carboxylic acids is 1. The first-order valence-electron chi connectivity index (χ1n) is 7.02. The van der Waals surface area contributed by atoms with E-state index in [0.29, 0.717) is 0 Å². The Hall–Kier alpha value is -2.55. The fourth-order valence-corrected chi connectivity index (χ4v) is 3.52. The van der Waals surface area contributed by atoms with Crippen LogP contribution in [0, 0.1) is 0 Å². The number of aromatic nitrogens is 2. The average Bonchev–Trinajstić information content (AvgIpc) is 2.94. The summed E-state index contributed by atoms with van der Waals surface area (Å²) in [5.74, 6) is -0.948. The van der Waals surface area contributed by atoms with Crippen LogP contribution in [0.3, 0.4) is 0 Å². The molecule has 23 heavy (non-hydrogen) atoms. The lowest BCUT2D eigenvalue weighted by atomic mass is 10.2. The largest absolute Gasteiger partial charge is 0.506 e. The van der Waals surface area contributed by atoms with E-state index in [2.05, 4.69) is 9.71 Å². The lowest BCUT2D eigenvalue weighted by molar-refractivity contribution is 0.0696. The minimum atomic E-state index is -3.95. The number of carboxylic acids is 1. The van der Waals surface area contributed by atoms with E-state index in [1.165, 1.54) is 18.3 Å². The second-order valence-corrected chi connectivity index (χ2v) is 6.92. The number of anilines is 1. The van der Waals surface area contributed by atoms with Crippen molar-refractivity contribution in [2.45, 2.75) is 30.8 Å². The van der Waals surface area contributed by atoms with Crippen LogP contribution < -0.4 is 4.72 Å². The van der Waals surface area contributed by atoms with Gasteiger partial charge in [-0.1, -0.05) is 0 Å². The molecular weight excluding hydrogens is 322 g/mol. The first kappa shape index (κ1) is 15.3. The van der Waals surface area contributed by atoms with Gasteiger partial charge < -0.3 is 14.8 Å². The number of phenols is 1. The number of carbonyl (C=O) groups is 1. The number of fused-ring (bicyclic) bond motifs is 1. The van der Waals surface area contributed by atoms with Gasteiger partial charge in [-0.05, 0) is 31.0 Å². The molecule has 0 aliphatic carbocycles. The number of nitrogens with zero attached hydrogens (tertiary/aromatic N) is 2. The maximum atomic E-state index is 12.4. The highest BCUT2D eigenvalue weighted by Crippen LogP contribution is 2.27. The lowest BCUT2D eigenvalue weighted by Crippen LogP contribution is -2.14. The van der Waals surface area contributed by atoms with Gasteiger partial charge in [-0.3, -0.25) is 4.72 Å². The van der Waals surface area contributed by atoms with E-state index in [1.54, 1.807) is 0 Å². The van der Waals surface area contributed by atoms with E-state index in [-0.39, 0.29) is 16.3 Å². The van der Waals surface area contributed by atoms with Gasteiger partial charge >= 0.3 is 5.97 Å². The van der Waals surface area contributed by atoms with E-state index in [9.17, 15) is 18.3 Å². The van der Waals surface area contributed by atoms with Crippen molar-refractivity contribution < 1.29 is 23.4 Å². The number of hydrogen-bond donors (Lipinski definition) is 3. The molecular formula is C14H15N3O5S. The number of phenolic OH excluding ortho intramolecular Hbond substituents is 1. The molecule has 1 aromatic heterocycles. The van der Waals surface area contributed by atoms with E-state index < -0.39 is 21.7 Å². The standard InChI is InChI=1S/C14H15N3O5S/c18-11-7-9(14(19)20)4-5-10(11)16-23(21,22)13-8-17-6-2-1-3-12(17)15-13/h4-5,7-8,16,18H,1-3,6H2,(H,19,20). The monoisotopic (exact) mass is 337 g/mol. The molecule has 2 heterocycles. The van der Waals surface area contributed by atoms with Crippen LogP contribution in [0.5, 0.6) is 5.75 Å². The van der Waals surface area contributed by atoms with Crippen LogP contribution in [0.15, 0.2) is 29.4 Å². The Morgan fingerprint density at radius 1 is 1.30 bits per heavy atom. The molecule has 3 N–H and O–H groups in total. The number of nitrogens with one attached hydrogen (secondary N) is 1. The predicted molar refractivity (Wildman–Crippen MR) is 81.0 cm³/mol. The number of rotatable bonds is 4. The van der Waals surface area contributed by atoms with Crippen molar-refractivity contribution in [1.29, 1.82) is 0 Å². The maximum absolute atomic E-state index is 12.4. The van der Waals surface area contributed by atoms with Gasteiger partial charge in [-0.25, -0.2) is 9.78 Å². The van der Waals surface area contributed by atoms with Crippen LogP contribution in [0.1, 0.15) is 29.0 Å². The van der Waals surface area contributed by atoms with Gasteiger partial charge in [0.25, 0.3) is 10.0 Å². The molecule has 3 rings (SSSR count). The van der Waals surface area contributed by atoms with Crippen LogP contribution >= 0.6 is 0 Å². The number of hydrogen-bond acceptors (Lipinski definition) is 5. The molecule has 8 nitrogen and oxygen atoms in total. The zero-order valence-corrected chi connectivity index (χ0v) is 12.9.